The van der Waals surface area contributed by atoms with Gasteiger partial charge in [0.25, 0.3) is 0 Å². The van der Waals surface area contributed by atoms with Gasteiger partial charge in [0.15, 0.2) is 4.34 Å². The summed E-state index contributed by atoms with van der Waals surface area (Å²) in [6.45, 7) is 5.78. The molecule has 1 heterocycles. The number of para-hydroxylation sites is 1. The number of benzene rings is 1. The van der Waals surface area contributed by atoms with Crippen LogP contribution in [0.5, 0.6) is 0 Å². The minimum absolute atomic E-state index is 0.696. The molecule has 1 aliphatic rings. The molecule has 0 spiro atoms. The average Bonchev–Trinajstić information content (AvgIpc) is 3.01. The molecule has 4 heteroatoms. The van der Waals surface area contributed by atoms with Gasteiger partial charge in [0.1, 0.15) is 0 Å². The highest BCUT2D eigenvalue weighted by Crippen LogP contribution is 2.41. The lowest BCUT2D eigenvalue weighted by atomic mass is 10.1. The highest BCUT2D eigenvalue weighted by atomic mass is 32.2. The second kappa shape index (κ2) is 6.46. The summed E-state index contributed by atoms with van der Waals surface area (Å²) in [7, 11) is 0. The quantitative estimate of drug-likeness (QED) is 0.877. The van der Waals surface area contributed by atoms with Crippen molar-refractivity contribution in [1.29, 1.82) is 0 Å². The van der Waals surface area contributed by atoms with Crippen LogP contribution in [0.15, 0.2) is 28.6 Å². The first-order valence-corrected chi connectivity index (χ1v) is 9.23. The van der Waals surface area contributed by atoms with Gasteiger partial charge >= 0.3 is 0 Å². The van der Waals surface area contributed by atoms with E-state index in [1.165, 1.54) is 28.3 Å². The largest absolute Gasteiger partial charge is 0.314 e. The minimum atomic E-state index is 0.696. The van der Waals surface area contributed by atoms with Crippen molar-refractivity contribution in [3.63, 3.8) is 0 Å². The van der Waals surface area contributed by atoms with Crippen LogP contribution < -0.4 is 5.32 Å². The number of fused-ring (bicyclic) bond motifs is 1. The molecule has 0 radical (unpaired) electrons. The van der Waals surface area contributed by atoms with Crippen LogP contribution in [0.2, 0.25) is 0 Å². The van der Waals surface area contributed by atoms with Crippen LogP contribution in [-0.4, -0.2) is 22.8 Å². The molecule has 1 fully saturated rings. The summed E-state index contributed by atoms with van der Waals surface area (Å²) in [5.74, 6) is 0.735. The molecule has 1 N–H and O–H groups in total. The summed E-state index contributed by atoms with van der Waals surface area (Å²) < 4.78 is 2.54. The van der Waals surface area contributed by atoms with Crippen LogP contribution >= 0.6 is 23.1 Å². The molecule has 0 bridgehead atoms. The van der Waals surface area contributed by atoms with Gasteiger partial charge < -0.3 is 5.32 Å². The van der Waals surface area contributed by atoms with Crippen LogP contribution in [0.25, 0.3) is 10.2 Å². The Morgan fingerprint density at radius 2 is 2.20 bits per heavy atom. The van der Waals surface area contributed by atoms with Gasteiger partial charge in [0, 0.05) is 11.3 Å². The van der Waals surface area contributed by atoms with E-state index in [9.17, 15) is 0 Å². The fraction of sp³-hybridized carbons (Fsp3) is 0.562. The molecule has 108 valence electrons. The molecule has 1 aromatic carbocycles. The highest BCUT2D eigenvalue weighted by Gasteiger charge is 2.33. The smallest absolute Gasteiger partial charge is 0.151 e. The number of nitrogens with one attached hydrogen (secondary N) is 1. The molecule has 0 amide bonds. The molecule has 1 aromatic heterocycles. The average molecular weight is 306 g/mol. The predicted octanol–water partition coefficient (Wildman–Crippen LogP) is 4.56. The molecule has 3 rings (SSSR count). The zero-order valence-electron chi connectivity index (χ0n) is 12.1. The zero-order valence-corrected chi connectivity index (χ0v) is 13.8. The second-order valence-electron chi connectivity index (χ2n) is 5.60. The maximum atomic E-state index is 4.76. The number of thioether (sulfide) groups is 1. The van der Waals surface area contributed by atoms with Gasteiger partial charge in [-0.3, -0.25) is 0 Å². The second-order valence-corrected chi connectivity index (χ2v) is 8.12. The molecule has 0 aliphatic heterocycles. The third-order valence-corrected chi connectivity index (χ3v) is 6.80. The van der Waals surface area contributed by atoms with E-state index in [1.54, 1.807) is 0 Å². The van der Waals surface area contributed by atoms with Crippen molar-refractivity contribution in [1.82, 2.24) is 10.3 Å². The Labute approximate surface area is 129 Å². The number of hydrogen-bond donors (Lipinski definition) is 1. The van der Waals surface area contributed by atoms with Gasteiger partial charge in [-0.05, 0) is 43.9 Å². The third kappa shape index (κ3) is 3.02. The molecule has 0 saturated heterocycles. The van der Waals surface area contributed by atoms with Crippen molar-refractivity contribution in [3.05, 3.63) is 24.3 Å². The Morgan fingerprint density at radius 3 is 3.00 bits per heavy atom. The summed E-state index contributed by atoms with van der Waals surface area (Å²) in [6.07, 6.45) is 3.84. The number of nitrogens with zero attached hydrogens (tertiary/aromatic N) is 1. The maximum absolute atomic E-state index is 4.76. The fourth-order valence-electron chi connectivity index (χ4n) is 2.94. The van der Waals surface area contributed by atoms with Gasteiger partial charge in [0.05, 0.1) is 10.2 Å². The lowest BCUT2D eigenvalue weighted by Crippen LogP contribution is -2.33. The molecular weight excluding hydrogens is 284 g/mol. The van der Waals surface area contributed by atoms with Crippen molar-refractivity contribution in [3.8, 4) is 0 Å². The minimum Gasteiger partial charge on any atom is -0.314 e. The van der Waals surface area contributed by atoms with Gasteiger partial charge in [-0.2, -0.15) is 0 Å². The van der Waals surface area contributed by atoms with E-state index < -0.39 is 0 Å². The maximum Gasteiger partial charge on any atom is 0.151 e. The Balaban J connectivity index is 1.66. The first-order valence-electron chi connectivity index (χ1n) is 7.53. The van der Waals surface area contributed by atoms with Crippen LogP contribution in [0.1, 0.15) is 33.1 Å². The standard InChI is InChI=1S/C16H22N2S2/c1-3-10-17-12-8-9-14(11(12)2)19-16-18-13-6-4-5-7-15(13)20-16/h4-7,11-12,14,17H,3,8-10H2,1-2H3. The van der Waals surface area contributed by atoms with E-state index in [4.69, 9.17) is 4.98 Å². The molecule has 2 aromatic rings. The summed E-state index contributed by atoms with van der Waals surface area (Å²) in [4.78, 5) is 4.76. The lowest BCUT2D eigenvalue weighted by Gasteiger charge is -2.20. The summed E-state index contributed by atoms with van der Waals surface area (Å²) in [5.41, 5.74) is 1.14. The molecule has 2 nitrogen and oxygen atoms in total. The monoisotopic (exact) mass is 306 g/mol. The van der Waals surface area contributed by atoms with Gasteiger partial charge in [-0.15, -0.1) is 11.3 Å². The molecule has 3 unspecified atom stereocenters. The SMILES string of the molecule is CCCNC1CCC(Sc2nc3ccccc3s2)C1C. The normalized spacial score (nSPS) is 26.4. The van der Waals surface area contributed by atoms with Crippen LogP contribution in [0.4, 0.5) is 0 Å². The molecule has 1 aliphatic carbocycles. The summed E-state index contributed by atoms with van der Waals surface area (Å²) in [5, 5.41) is 4.41. The number of aromatic nitrogens is 1. The molecule has 20 heavy (non-hydrogen) atoms. The van der Waals surface area contributed by atoms with Crippen molar-refractivity contribution in [2.75, 3.05) is 6.54 Å². The third-order valence-electron chi connectivity index (χ3n) is 4.17. The molecule has 1 saturated carbocycles. The zero-order chi connectivity index (χ0) is 13.9. The van der Waals surface area contributed by atoms with E-state index in [0.29, 0.717) is 11.3 Å². The summed E-state index contributed by atoms with van der Waals surface area (Å²) in [6, 6.07) is 9.14. The van der Waals surface area contributed by atoms with Crippen molar-refractivity contribution in [2.24, 2.45) is 5.92 Å². The Bertz CT molecular complexity index is 533. The van der Waals surface area contributed by atoms with Crippen LogP contribution in [0.3, 0.4) is 0 Å². The topological polar surface area (TPSA) is 24.9 Å². The Hall–Kier alpha value is -0.580. The van der Waals surface area contributed by atoms with Gasteiger partial charge in [-0.25, -0.2) is 4.98 Å². The molecule has 3 atom stereocenters. The number of rotatable bonds is 5. The first kappa shape index (κ1) is 14.4. The summed E-state index contributed by atoms with van der Waals surface area (Å²) >= 11 is 3.83. The van der Waals surface area contributed by atoms with Crippen molar-refractivity contribution >= 4 is 33.3 Å². The fourth-order valence-corrected chi connectivity index (χ4v) is 5.54. The van der Waals surface area contributed by atoms with E-state index in [1.807, 2.05) is 23.1 Å². The van der Waals surface area contributed by atoms with Gasteiger partial charge in [-0.1, -0.05) is 37.7 Å². The molecular formula is C16H22N2S2. The van der Waals surface area contributed by atoms with E-state index in [0.717, 1.165) is 18.0 Å². The van der Waals surface area contributed by atoms with Crippen molar-refractivity contribution in [2.45, 2.75) is 48.7 Å². The van der Waals surface area contributed by atoms with Crippen molar-refractivity contribution < 1.29 is 0 Å². The number of hydrogen-bond acceptors (Lipinski definition) is 4. The van der Waals surface area contributed by atoms with E-state index >= 15 is 0 Å². The van der Waals surface area contributed by atoms with Crippen LogP contribution in [-0.2, 0) is 0 Å². The number of thiazole rings is 1. The van der Waals surface area contributed by atoms with Crippen LogP contribution in [0, 0.1) is 5.92 Å². The Kier molecular flexibility index (Phi) is 4.64. The predicted molar refractivity (Wildman–Crippen MR) is 89.7 cm³/mol. The highest BCUT2D eigenvalue weighted by molar-refractivity contribution is 8.01. The van der Waals surface area contributed by atoms with Gasteiger partial charge in [0.2, 0.25) is 0 Å². The van der Waals surface area contributed by atoms with E-state index in [-0.39, 0.29) is 0 Å². The lowest BCUT2D eigenvalue weighted by molar-refractivity contribution is 0.432. The van der Waals surface area contributed by atoms with E-state index in [2.05, 4.69) is 43.4 Å². The Morgan fingerprint density at radius 1 is 1.35 bits per heavy atom. The first-order chi connectivity index (χ1) is 9.78.